The molecule has 0 bridgehead atoms. The molecule has 0 aliphatic heterocycles. The first-order valence-electron chi connectivity index (χ1n) is 10.9. The van der Waals surface area contributed by atoms with E-state index in [1.807, 2.05) is 60.7 Å². The van der Waals surface area contributed by atoms with Crippen molar-refractivity contribution in [2.75, 3.05) is 7.11 Å². The fraction of sp³-hybridized carbons (Fsp3) is 0.259. The Hall–Kier alpha value is -4.00. The van der Waals surface area contributed by atoms with Gasteiger partial charge in [0.1, 0.15) is 11.4 Å². The van der Waals surface area contributed by atoms with Crippen molar-refractivity contribution in [3.63, 3.8) is 0 Å². The van der Waals surface area contributed by atoms with Gasteiger partial charge >= 0.3 is 5.97 Å². The first kappa shape index (κ1) is 24.6. The molecule has 7 heteroatoms. The number of carbonyl (C=O) groups is 1. The summed E-state index contributed by atoms with van der Waals surface area (Å²) in [5, 5.41) is 11.7. The van der Waals surface area contributed by atoms with Gasteiger partial charge in [-0.05, 0) is 32.9 Å². The molecular weight excluding hydrogens is 432 g/mol. The van der Waals surface area contributed by atoms with Crippen molar-refractivity contribution < 1.29 is 19.2 Å². The molecule has 0 heterocycles. The second-order valence-electron chi connectivity index (χ2n) is 8.71. The molecule has 3 aromatic carbocycles. The van der Waals surface area contributed by atoms with Gasteiger partial charge in [0.05, 0.1) is 23.8 Å². The summed E-state index contributed by atoms with van der Waals surface area (Å²) in [5.74, 6) is -0.191. The Morgan fingerprint density at radius 2 is 1.53 bits per heavy atom. The van der Waals surface area contributed by atoms with Crippen molar-refractivity contribution in [2.24, 2.45) is 4.99 Å². The fourth-order valence-corrected chi connectivity index (χ4v) is 3.44. The second kappa shape index (κ2) is 10.7. The van der Waals surface area contributed by atoms with Crippen LogP contribution < -0.4 is 4.74 Å². The Bertz CT molecular complexity index is 1130. The third-order valence-electron chi connectivity index (χ3n) is 4.96. The summed E-state index contributed by atoms with van der Waals surface area (Å²) in [6, 6.07) is 22.6. The van der Waals surface area contributed by atoms with Crippen LogP contribution in [0.15, 0.2) is 83.9 Å². The molecule has 3 rings (SSSR count). The fourth-order valence-electron chi connectivity index (χ4n) is 3.44. The van der Waals surface area contributed by atoms with E-state index in [2.05, 4.69) is 0 Å². The van der Waals surface area contributed by atoms with Crippen molar-refractivity contribution in [1.82, 2.24) is 0 Å². The number of nitro groups is 1. The van der Waals surface area contributed by atoms with Gasteiger partial charge in [-0.1, -0.05) is 60.7 Å². The number of esters is 1. The molecule has 0 saturated heterocycles. The molecule has 0 radical (unpaired) electrons. The summed E-state index contributed by atoms with van der Waals surface area (Å²) in [7, 11) is 1.44. The smallest absolute Gasteiger partial charge is 0.331 e. The van der Waals surface area contributed by atoms with Crippen LogP contribution in [-0.4, -0.2) is 35.4 Å². The summed E-state index contributed by atoms with van der Waals surface area (Å²) < 4.78 is 10.8. The van der Waals surface area contributed by atoms with E-state index < -0.39 is 22.5 Å². The van der Waals surface area contributed by atoms with Crippen LogP contribution in [0.4, 0.5) is 5.69 Å². The van der Waals surface area contributed by atoms with Crippen molar-refractivity contribution in [2.45, 2.75) is 38.8 Å². The van der Waals surface area contributed by atoms with E-state index in [0.29, 0.717) is 17.0 Å². The third-order valence-corrected chi connectivity index (χ3v) is 4.96. The van der Waals surface area contributed by atoms with E-state index >= 15 is 0 Å². The normalized spacial score (nSPS) is 11.9. The summed E-state index contributed by atoms with van der Waals surface area (Å²) in [5.41, 5.74) is 1.75. The highest BCUT2D eigenvalue weighted by molar-refractivity contribution is 6.13. The van der Waals surface area contributed by atoms with Crippen LogP contribution in [0.25, 0.3) is 0 Å². The average Bonchev–Trinajstić information content (AvgIpc) is 2.81. The van der Waals surface area contributed by atoms with E-state index in [9.17, 15) is 14.9 Å². The summed E-state index contributed by atoms with van der Waals surface area (Å²) in [6.07, 6.45) is -0.00160. The van der Waals surface area contributed by atoms with Crippen molar-refractivity contribution in [3.05, 3.63) is 106 Å². The number of aliphatic imine (C=N–C) groups is 1. The first-order chi connectivity index (χ1) is 16.2. The number of rotatable bonds is 8. The molecule has 0 aliphatic rings. The van der Waals surface area contributed by atoms with Gasteiger partial charge in [0.2, 0.25) is 0 Å². The van der Waals surface area contributed by atoms with E-state index in [1.54, 1.807) is 32.9 Å². The van der Waals surface area contributed by atoms with Crippen LogP contribution in [0, 0.1) is 10.1 Å². The van der Waals surface area contributed by atoms with E-state index in [-0.39, 0.29) is 12.1 Å². The van der Waals surface area contributed by atoms with Crippen LogP contribution >= 0.6 is 0 Å². The highest BCUT2D eigenvalue weighted by Crippen LogP contribution is 2.27. The molecule has 0 unspecified atom stereocenters. The molecule has 7 nitrogen and oxygen atoms in total. The molecule has 176 valence electrons. The molecule has 0 aliphatic carbocycles. The predicted octanol–water partition coefficient (Wildman–Crippen LogP) is 5.39. The second-order valence-corrected chi connectivity index (χ2v) is 8.71. The SMILES string of the molecule is COc1ccc(C[C@H](N=C(c2ccccc2)c2ccccc2)C(=O)OC(C)(C)C)c([N+](=O)[O-])c1. The lowest BCUT2D eigenvalue weighted by Gasteiger charge is -2.23. The van der Waals surface area contributed by atoms with Gasteiger partial charge in [0.25, 0.3) is 5.69 Å². The average molecular weight is 461 g/mol. The number of nitrogens with zero attached hydrogens (tertiary/aromatic N) is 2. The minimum Gasteiger partial charge on any atom is -0.497 e. The summed E-state index contributed by atoms with van der Waals surface area (Å²) in [6.45, 7) is 5.32. The zero-order valence-corrected chi connectivity index (χ0v) is 19.7. The largest absolute Gasteiger partial charge is 0.497 e. The molecule has 0 fully saturated rings. The van der Waals surface area contributed by atoms with Gasteiger partial charge in [-0.3, -0.25) is 15.1 Å². The Morgan fingerprint density at radius 3 is 2.00 bits per heavy atom. The minimum atomic E-state index is -0.998. The first-order valence-corrected chi connectivity index (χ1v) is 10.9. The molecular formula is C27H28N2O5. The minimum absolute atomic E-state index is 0.00160. The van der Waals surface area contributed by atoms with E-state index in [0.717, 1.165) is 11.1 Å². The topological polar surface area (TPSA) is 91.0 Å². The van der Waals surface area contributed by atoms with Gasteiger partial charge in [-0.25, -0.2) is 4.79 Å². The van der Waals surface area contributed by atoms with Gasteiger partial charge < -0.3 is 9.47 Å². The monoisotopic (exact) mass is 460 g/mol. The molecule has 1 atom stereocenters. The lowest BCUT2D eigenvalue weighted by molar-refractivity contribution is -0.385. The number of ether oxygens (including phenoxy) is 2. The summed E-state index contributed by atoms with van der Waals surface area (Å²) >= 11 is 0. The van der Waals surface area contributed by atoms with Crippen LogP contribution in [0.2, 0.25) is 0 Å². The number of hydrogen-bond donors (Lipinski definition) is 0. The highest BCUT2D eigenvalue weighted by atomic mass is 16.6. The van der Waals surface area contributed by atoms with Crippen molar-refractivity contribution in [3.8, 4) is 5.75 Å². The number of carbonyl (C=O) groups excluding carboxylic acids is 1. The Morgan fingerprint density at radius 1 is 0.971 bits per heavy atom. The van der Waals surface area contributed by atoms with E-state index in [4.69, 9.17) is 14.5 Å². The van der Waals surface area contributed by atoms with Crippen molar-refractivity contribution >= 4 is 17.4 Å². The molecule has 34 heavy (non-hydrogen) atoms. The zero-order valence-electron chi connectivity index (χ0n) is 19.7. The lowest BCUT2D eigenvalue weighted by Crippen LogP contribution is -2.33. The Balaban J connectivity index is 2.13. The number of benzene rings is 3. The predicted molar refractivity (Wildman–Crippen MR) is 132 cm³/mol. The highest BCUT2D eigenvalue weighted by Gasteiger charge is 2.29. The number of methoxy groups -OCH3 is 1. The van der Waals surface area contributed by atoms with Gasteiger partial charge in [0.15, 0.2) is 6.04 Å². The van der Waals surface area contributed by atoms with E-state index in [1.165, 1.54) is 13.2 Å². The van der Waals surface area contributed by atoms with Crippen molar-refractivity contribution in [1.29, 1.82) is 0 Å². The molecule has 0 spiro atoms. The Labute approximate surface area is 199 Å². The quantitative estimate of drug-likeness (QED) is 0.194. The Kier molecular flexibility index (Phi) is 7.79. The molecule has 3 aromatic rings. The third kappa shape index (κ3) is 6.51. The maximum atomic E-state index is 13.2. The number of hydrogen-bond acceptors (Lipinski definition) is 6. The van der Waals surface area contributed by atoms with Crippen LogP contribution in [0.1, 0.15) is 37.5 Å². The van der Waals surface area contributed by atoms with Crippen LogP contribution in [0.3, 0.4) is 0 Å². The number of nitro benzene ring substituents is 1. The standard InChI is InChI=1S/C27H28N2O5/c1-27(2,3)34-26(30)23(17-21-15-16-22(33-4)18-24(21)29(31)32)28-25(19-11-7-5-8-12-19)20-13-9-6-10-14-20/h5-16,18,23H,17H2,1-4H3/t23-/m0/s1. The molecule has 0 saturated carbocycles. The van der Waals surface area contributed by atoms with Gasteiger partial charge in [-0.2, -0.15) is 0 Å². The van der Waals surface area contributed by atoms with Crippen LogP contribution in [-0.2, 0) is 16.0 Å². The maximum Gasteiger partial charge on any atom is 0.331 e. The summed E-state index contributed by atoms with van der Waals surface area (Å²) in [4.78, 5) is 29.3. The molecule has 0 N–H and O–H groups in total. The maximum absolute atomic E-state index is 13.2. The van der Waals surface area contributed by atoms with Gasteiger partial charge in [0, 0.05) is 23.1 Å². The zero-order chi connectivity index (χ0) is 24.7. The van der Waals surface area contributed by atoms with Gasteiger partial charge in [-0.15, -0.1) is 0 Å². The molecule has 0 amide bonds. The van der Waals surface area contributed by atoms with Crippen LogP contribution in [0.5, 0.6) is 5.75 Å². The molecule has 0 aromatic heterocycles. The lowest BCUT2D eigenvalue weighted by atomic mass is 10.00.